The number of hydrogen-bond donors (Lipinski definition) is 0. The van der Waals surface area contributed by atoms with Gasteiger partial charge in [0.2, 0.25) is 0 Å². The maximum Gasteiger partial charge on any atom is 0.180 e. The quantitative estimate of drug-likeness (QED) is 0.783. The van der Waals surface area contributed by atoms with E-state index in [0.717, 1.165) is 17.2 Å². The van der Waals surface area contributed by atoms with Gasteiger partial charge in [0.1, 0.15) is 5.51 Å². The third-order valence-corrected chi connectivity index (χ3v) is 4.27. The van der Waals surface area contributed by atoms with E-state index in [2.05, 4.69) is 40.3 Å². The van der Waals surface area contributed by atoms with Crippen molar-refractivity contribution in [3.8, 4) is 0 Å². The fraction of sp³-hybridized carbons (Fsp3) is 0.385. The van der Waals surface area contributed by atoms with E-state index in [-0.39, 0.29) is 0 Å². The van der Waals surface area contributed by atoms with E-state index in [0.29, 0.717) is 6.04 Å². The van der Waals surface area contributed by atoms with Gasteiger partial charge < -0.3 is 0 Å². The van der Waals surface area contributed by atoms with Crippen LogP contribution in [0, 0.1) is 3.95 Å². The van der Waals surface area contributed by atoms with Gasteiger partial charge in [-0.2, -0.15) is 5.10 Å². The predicted molar refractivity (Wildman–Crippen MR) is 75.9 cm³/mol. The molecule has 0 unspecified atom stereocenters. The SMILES string of the molecule is S=c1scnn1CN(Cc1ccccc1)C1CC1. The van der Waals surface area contributed by atoms with Gasteiger partial charge >= 0.3 is 0 Å². The van der Waals surface area contributed by atoms with E-state index in [1.165, 1.54) is 29.7 Å². The largest absolute Gasteiger partial charge is 0.277 e. The van der Waals surface area contributed by atoms with Crippen LogP contribution in [-0.4, -0.2) is 20.7 Å². The summed E-state index contributed by atoms with van der Waals surface area (Å²) in [5.41, 5.74) is 3.17. The topological polar surface area (TPSA) is 21.1 Å². The fourth-order valence-electron chi connectivity index (χ4n) is 2.05. The van der Waals surface area contributed by atoms with E-state index in [4.69, 9.17) is 12.2 Å². The summed E-state index contributed by atoms with van der Waals surface area (Å²) in [4.78, 5) is 2.46. The van der Waals surface area contributed by atoms with Crippen molar-refractivity contribution in [2.45, 2.75) is 32.1 Å². The first-order chi connectivity index (χ1) is 8.83. The second-order valence-corrected chi connectivity index (χ2v) is 6.09. The first-order valence-corrected chi connectivity index (χ1v) is 7.40. The number of hydrogen-bond acceptors (Lipinski definition) is 4. The Morgan fingerprint density at radius 1 is 1.33 bits per heavy atom. The van der Waals surface area contributed by atoms with Crippen molar-refractivity contribution < 1.29 is 0 Å². The minimum atomic E-state index is 0.703. The highest BCUT2D eigenvalue weighted by Crippen LogP contribution is 2.28. The van der Waals surface area contributed by atoms with Gasteiger partial charge in [-0.25, -0.2) is 4.68 Å². The summed E-state index contributed by atoms with van der Waals surface area (Å²) < 4.78 is 2.77. The number of benzene rings is 1. The predicted octanol–water partition coefficient (Wildman–Crippen LogP) is 3.30. The molecule has 1 aromatic heterocycles. The standard InChI is InChI=1S/C13H15N3S2/c17-13-16(14-9-18-13)10-15(12-6-7-12)8-11-4-2-1-3-5-11/h1-5,9,12H,6-8,10H2. The van der Waals surface area contributed by atoms with Crippen molar-refractivity contribution in [2.24, 2.45) is 0 Å². The zero-order chi connectivity index (χ0) is 12.4. The van der Waals surface area contributed by atoms with Gasteiger partial charge in [-0.05, 0) is 30.6 Å². The molecule has 1 heterocycles. The molecule has 0 saturated heterocycles. The molecule has 1 aromatic carbocycles. The van der Waals surface area contributed by atoms with Gasteiger partial charge in [-0.1, -0.05) is 41.7 Å². The molecule has 1 aliphatic rings. The van der Waals surface area contributed by atoms with Gasteiger partial charge in [-0.15, -0.1) is 0 Å². The molecule has 2 aromatic rings. The monoisotopic (exact) mass is 277 g/mol. The lowest BCUT2D eigenvalue weighted by atomic mass is 10.2. The van der Waals surface area contributed by atoms with Gasteiger partial charge in [-0.3, -0.25) is 4.90 Å². The summed E-state index contributed by atoms with van der Waals surface area (Å²) in [6.07, 6.45) is 2.59. The lowest BCUT2D eigenvalue weighted by Crippen LogP contribution is -2.28. The van der Waals surface area contributed by atoms with Crippen LogP contribution in [-0.2, 0) is 13.2 Å². The molecule has 3 rings (SSSR count). The molecule has 0 radical (unpaired) electrons. The Morgan fingerprint density at radius 2 is 2.11 bits per heavy atom. The molecular weight excluding hydrogens is 262 g/mol. The van der Waals surface area contributed by atoms with Gasteiger partial charge in [0.15, 0.2) is 3.95 Å². The summed E-state index contributed by atoms with van der Waals surface area (Å²) in [6.45, 7) is 1.78. The van der Waals surface area contributed by atoms with E-state index in [1.54, 1.807) is 0 Å². The van der Waals surface area contributed by atoms with E-state index >= 15 is 0 Å². The maximum absolute atomic E-state index is 5.27. The number of rotatable bonds is 5. The van der Waals surface area contributed by atoms with Crippen LogP contribution in [0.1, 0.15) is 18.4 Å². The lowest BCUT2D eigenvalue weighted by molar-refractivity contribution is 0.187. The first-order valence-electron chi connectivity index (χ1n) is 6.11. The van der Waals surface area contributed by atoms with Crippen LogP contribution in [0.5, 0.6) is 0 Å². The van der Waals surface area contributed by atoms with Crippen molar-refractivity contribution in [3.63, 3.8) is 0 Å². The van der Waals surface area contributed by atoms with Gasteiger partial charge in [0.05, 0.1) is 6.67 Å². The summed E-state index contributed by atoms with van der Waals surface area (Å²) in [5, 5.41) is 4.30. The number of aromatic nitrogens is 2. The number of nitrogens with zero attached hydrogens (tertiary/aromatic N) is 3. The Bertz CT molecular complexity index is 557. The Kier molecular flexibility index (Phi) is 3.54. The summed E-state index contributed by atoms with van der Waals surface area (Å²) in [5.74, 6) is 0. The van der Waals surface area contributed by atoms with Gasteiger partial charge in [0.25, 0.3) is 0 Å². The fourth-order valence-corrected chi connectivity index (χ4v) is 2.76. The van der Waals surface area contributed by atoms with Crippen LogP contribution in [0.4, 0.5) is 0 Å². The second-order valence-electron chi connectivity index (χ2n) is 4.61. The third kappa shape index (κ3) is 2.85. The minimum absolute atomic E-state index is 0.703. The normalized spacial score (nSPS) is 15.2. The van der Waals surface area contributed by atoms with Crippen LogP contribution in [0.3, 0.4) is 0 Å². The maximum atomic E-state index is 5.27. The molecular formula is C13H15N3S2. The first kappa shape index (κ1) is 12.0. The van der Waals surface area contributed by atoms with Crippen molar-refractivity contribution in [1.29, 1.82) is 0 Å². The average Bonchev–Trinajstić information content (AvgIpc) is 3.16. The molecule has 0 amide bonds. The molecule has 3 nitrogen and oxygen atoms in total. The lowest BCUT2D eigenvalue weighted by Gasteiger charge is -2.21. The Hall–Kier alpha value is -1.04. The molecule has 1 aliphatic carbocycles. The zero-order valence-electron chi connectivity index (χ0n) is 10.0. The zero-order valence-corrected chi connectivity index (χ0v) is 11.7. The summed E-state index contributed by atoms with van der Waals surface area (Å²) in [6, 6.07) is 11.3. The van der Waals surface area contributed by atoms with Crippen molar-refractivity contribution in [3.05, 3.63) is 45.4 Å². The van der Waals surface area contributed by atoms with Crippen LogP contribution < -0.4 is 0 Å². The summed E-state index contributed by atoms with van der Waals surface area (Å²) >= 11 is 6.79. The molecule has 0 N–H and O–H groups in total. The highest BCUT2D eigenvalue weighted by atomic mass is 32.1. The van der Waals surface area contributed by atoms with Crippen molar-refractivity contribution >= 4 is 23.6 Å². The molecule has 1 saturated carbocycles. The molecule has 0 atom stereocenters. The van der Waals surface area contributed by atoms with E-state index in [1.807, 2.05) is 10.2 Å². The highest BCUT2D eigenvalue weighted by Gasteiger charge is 2.29. The molecule has 18 heavy (non-hydrogen) atoms. The molecule has 5 heteroatoms. The molecule has 0 bridgehead atoms. The van der Waals surface area contributed by atoms with Crippen LogP contribution in [0.15, 0.2) is 35.8 Å². The Labute approximate surface area is 116 Å². The summed E-state index contributed by atoms with van der Waals surface area (Å²) in [7, 11) is 0. The smallest absolute Gasteiger partial charge is 0.180 e. The molecule has 94 valence electrons. The van der Waals surface area contributed by atoms with Crippen molar-refractivity contribution in [1.82, 2.24) is 14.7 Å². The average molecular weight is 277 g/mol. The molecule has 1 fully saturated rings. The van der Waals surface area contributed by atoms with Crippen molar-refractivity contribution in [2.75, 3.05) is 0 Å². The van der Waals surface area contributed by atoms with Crippen LogP contribution >= 0.6 is 23.6 Å². The third-order valence-electron chi connectivity index (χ3n) is 3.16. The highest BCUT2D eigenvalue weighted by molar-refractivity contribution is 7.73. The Morgan fingerprint density at radius 3 is 2.72 bits per heavy atom. The second kappa shape index (κ2) is 5.30. The van der Waals surface area contributed by atoms with E-state index < -0.39 is 0 Å². The van der Waals surface area contributed by atoms with Gasteiger partial charge in [0, 0.05) is 12.6 Å². The minimum Gasteiger partial charge on any atom is -0.277 e. The van der Waals surface area contributed by atoms with Crippen LogP contribution in [0.25, 0.3) is 0 Å². The Balaban J connectivity index is 1.73. The van der Waals surface area contributed by atoms with Crippen LogP contribution in [0.2, 0.25) is 0 Å². The molecule has 0 aliphatic heterocycles. The van der Waals surface area contributed by atoms with E-state index in [9.17, 15) is 0 Å². The molecule has 0 spiro atoms.